The Bertz CT molecular complexity index is 1420. The first-order chi connectivity index (χ1) is 21.5. The Morgan fingerprint density at radius 3 is 0.614 bits per heavy atom. The summed E-state index contributed by atoms with van der Waals surface area (Å²) in [5, 5.41) is 7.00. The summed E-state index contributed by atoms with van der Waals surface area (Å²) in [5.74, 6) is 0. The van der Waals surface area contributed by atoms with E-state index >= 15 is 4.79 Å². The molecule has 225 valence electrons. The maximum absolute atomic E-state index is 16.4. The van der Waals surface area contributed by atoms with Crippen molar-refractivity contribution in [2.75, 3.05) is 0 Å². The molecule has 0 fully saturated rings. The predicted octanol–water partition coefficient (Wildman–Crippen LogP) is 8.63. The van der Waals surface area contributed by atoms with Crippen molar-refractivity contribution in [2.24, 2.45) is 0 Å². The van der Waals surface area contributed by atoms with E-state index in [1.807, 2.05) is 36.4 Å². The van der Waals surface area contributed by atoms with Crippen molar-refractivity contribution < 1.29 is 17.8 Å². The molecule has 0 unspecified atom stereocenters. The molecule has 0 saturated carbocycles. The van der Waals surface area contributed by atoms with E-state index in [0.717, 1.165) is 31.8 Å². The first-order valence-corrected chi connectivity index (χ1v) is 24.8. The zero-order valence-corrected chi connectivity index (χ0v) is 29.7. The summed E-state index contributed by atoms with van der Waals surface area (Å²) in [6, 6.07) is 63.2. The second-order valence-electron chi connectivity index (χ2n) is 10.2. The number of benzene rings is 6. The molecule has 0 spiro atoms. The molecule has 0 aliphatic heterocycles. The number of hydrogen-bond acceptors (Lipinski definition) is 1. The fourth-order valence-electron chi connectivity index (χ4n) is 6.20. The average molecular weight is 762 g/mol. The van der Waals surface area contributed by atoms with Gasteiger partial charge in [-0.25, -0.2) is 0 Å². The van der Waals surface area contributed by atoms with Gasteiger partial charge in [0.25, 0.3) is 0 Å². The van der Waals surface area contributed by atoms with Crippen molar-refractivity contribution in [2.45, 2.75) is 0 Å². The molecule has 0 bridgehead atoms. The Hall–Kier alpha value is -2.66. The zero-order valence-electron chi connectivity index (χ0n) is 23.7. The van der Waals surface area contributed by atoms with E-state index in [1.165, 1.54) is 0 Å². The molecule has 1 nitrogen and oxygen atoms in total. The molecule has 6 aromatic rings. The fourth-order valence-corrected chi connectivity index (χ4v) is 18.8. The molecule has 0 amide bonds. The van der Waals surface area contributed by atoms with E-state index in [2.05, 4.69) is 146 Å². The molecule has 0 aliphatic carbocycles. The van der Waals surface area contributed by atoms with Gasteiger partial charge in [0.2, 0.25) is 0 Å². The minimum absolute atomic E-state index is 0.354. The average Bonchev–Trinajstić information content (AvgIpc) is 3.08. The first kappa shape index (κ1) is 32.7. The van der Waals surface area contributed by atoms with Gasteiger partial charge in [-0.2, -0.15) is 0 Å². The van der Waals surface area contributed by atoms with Gasteiger partial charge < -0.3 is 0 Å². The van der Waals surface area contributed by atoms with Crippen LogP contribution in [-0.4, -0.2) is 5.27 Å². The van der Waals surface area contributed by atoms with E-state index in [4.69, 9.17) is 29.1 Å². The van der Waals surface area contributed by atoms with Crippen LogP contribution in [0.2, 0.25) is 0 Å². The zero-order chi connectivity index (χ0) is 30.8. The molecule has 6 rings (SSSR count). The van der Waals surface area contributed by atoms with Gasteiger partial charge in [0.1, 0.15) is 0 Å². The van der Waals surface area contributed by atoms with E-state index in [1.54, 1.807) is 0 Å². The van der Waals surface area contributed by atoms with E-state index in [0.29, 0.717) is 5.27 Å². The van der Waals surface area contributed by atoms with Gasteiger partial charge in [0.15, 0.2) is 0 Å². The SMILES string of the molecule is O=C([PH](c1ccccc1)(c1ccccc1)c1ccccc1)[PH](c1ccccc1)(c1ccccc1)c1ccccc1.[Cl][Ru]([Cl])[Cl]. The Balaban J connectivity index is 0.000000906. The summed E-state index contributed by atoms with van der Waals surface area (Å²) in [6.07, 6.45) is 0. The molecule has 0 atom stereocenters. The third-order valence-corrected chi connectivity index (χ3v) is 18.7. The Morgan fingerprint density at radius 2 is 0.477 bits per heavy atom. The van der Waals surface area contributed by atoms with Crippen molar-refractivity contribution in [3.8, 4) is 0 Å². The molecule has 7 heteroatoms. The van der Waals surface area contributed by atoms with Crippen LogP contribution in [-0.2, 0) is 13.0 Å². The quantitative estimate of drug-likeness (QED) is 0.112. The van der Waals surface area contributed by atoms with Gasteiger partial charge in [-0.15, -0.1) is 0 Å². The van der Waals surface area contributed by atoms with Gasteiger partial charge in [-0.3, -0.25) is 0 Å². The standard InChI is InChI=1S/C37H32OP2.3ClH.Ru/c38-37(39(31-19-7-1-8-20-31,32-21-9-2-10-22-32)33-23-11-3-12-24-33)40(34-25-13-4-14-26-34,35-27-15-5-16-28-35)36-29-17-6-18-30-36;;;;/h1-30,39-40H;3*1H;/q;;;;+3/p-3. The van der Waals surface area contributed by atoms with Gasteiger partial charge >= 0.3 is 280 Å². The monoisotopic (exact) mass is 761 g/mol. The second kappa shape index (κ2) is 15.6. The van der Waals surface area contributed by atoms with Crippen LogP contribution in [0.25, 0.3) is 0 Å². The molecular formula is C37H32Cl3OP2Ru. The number of carbonyl (C=O) groups is 1. The maximum atomic E-state index is 16.4. The van der Waals surface area contributed by atoms with E-state index < -0.39 is 27.5 Å². The van der Waals surface area contributed by atoms with Crippen LogP contribution in [0.15, 0.2) is 182 Å². The van der Waals surface area contributed by atoms with Gasteiger partial charge in [0, 0.05) is 0 Å². The number of carbonyl (C=O) groups excluding carboxylic acids is 1. The van der Waals surface area contributed by atoms with E-state index in [-0.39, 0.29) is 0 Å². The Morgan fingerprint density at radius 1 is 0.341 bits per heavy atom. The molecule has 0 aromatic heterocycles. The Kier molecular flexibility index (Phi) is 11.6. The van der Waals surface area contributed by atoms with Gasteiger partial charge in [-0.05, 0) is 0 Å². The summed E-state index contributed by atoms with van der Waals surface area (Å²) in [4.78, 5) is 16.4. The second-order valence-corrected chi connectivity index (χ2v) is 26.0. The third kappa shape index (κ3) is 6.64. The van der Waals surface area contributed by atoms with Crippen molar-refractivity contribution >= 4 is 80.7 Å². The molecule has 6 aromatic carbocycles. The van der Waals surface area contributed by atoms with Crippen LogP contribution < -0.4 is 31.8 Å². The summed E-state index contributed by atoms with van der Waals surface area (Å²) >= 11 is -1.75. The minimum atomic E-state index is -3.29. The topological polar surface area (TPSA) is 17.1 Å². The Labute approximate surface area is 278 Å². The summed E-state index contributed by atoms with van der Waals surface area (Å²) < 4.78 is 0. The van der Waals surface area contributed by atoms with Crippen molar-refractivity contribution in [3.05, 3.63) is 182 Å². The summed E-state index contributed by atoms with van der Waals surface area (Å²) in [7, 11) is 8.27. The van der Waals surface area contributed by atoms with Crippen LogP contribution in [0, 0.1) is 0 Å². The molecule has 0 radical (unpaired) electrons. The van der Waals surface area contributed by atoms with Crippen LogP contribution in [0.3, 0.4) is 0 Å². The molecule has 0 N–H and O–H groups in total. The van der Waals surface area contributed by atoms with Crippen molar-refractivity contribution in [1.29, 1.82) is 0 Å². The molecule has 44 heavy (non-hydrogen) atoms. The number of halogens is 3. The molecule has 0 aliphatic rings. The first-order valence-electron chi connectivity index (χ1n) is 14.1. The summed E-state index contributed by atoms with van der Waals surface area (Å²) in [6.45, 7) is 0. The van der Waals surface area contributed by atoms with Crippen molar-refractivity contribution in [1.82, 2.24) is 0 Å². The van der Waals surface area contributed by atoms with Crippen LogP contribution in [0.4, 0.5) is 4.79 Å². The van der Waals surface area contributed by atoms with Crippen molar-refractivity contribution in [3.63, 3.8) is 0 Å². The predicted molar refractivity (Wildman–Crippen MR) is 196 cm³/mol. The van der Waals surface area contributed by atoms with Crippen LogP contribution >= 0.6 is 43.6 Å². The van der Waals surface area contributed by atoms with Gasteiger partial charge in [0.05, 0.1) is 0 Å². The van der Waals surface area contributed by atoms with Crippen LogP contribution in [0.1, 0.15) is 0 Å². The number of hydrogen-bond donors (Lipinski definition) is 0. The fraction of sp³-hybridized carbons (Fsp3) is 0. The normalized spacial score (nSPS) is 12.3. The van der Waals surface area contributed by atoms with E-state index in [9.17, 15) is 0 Å². The molecule has 0 saturated heterocycles. The number of rotatable bonds is 8. The third-order valence-electron chi connectivity index (χ3n) is 7.92. The summed E-state index contributed by atoms with van der Waals surface area (Å²) in [5.41, 5.74) is 0. The van der Waals surface area contributed by atoms with Gasteiger partial charge in [-0.1, -0.05) is 0 Å². The molecule has 0 heterocycles. The van der Waals surface area contributed by atoms with Crippen LogP contribution in [0.5, 0.6) is 0 Å². The molecular weight excluding hydrogens is 730 g/mol.